The molecule has 2 heteroatoms. The molecule has 1 aliphatic rings. The normalized spacial score (nSPS) is 23.0. The molecule has 0 saturated carbocycles. The zero-order valence-corrected chi connectivity index (χ0v) is 12.8. The first-order chi connectivity index (χ1) is 9.89. The maximum Gasteiger partial charge on any atom is 0.115 e. The highest BCUT2D eigenvalue weighted by Gasteiger charge is 2.43. The zero-order valence-electron chi connectivity index (χ0n) is 12.8. The van der Waals surface area contributed by atoms with Crippen LogP contribution in [0.2, 0.25) is 0 Å². The van der Waals surface area contributed by atoms with Gasteiger partial charge in [-0.1, -0.05) is 39.0 Å². The third kappa shape index (κ3) is 2.29. The van der Waals surface area contributed by atoms with Crippen molar-refractivity contribution in [3.05, 3.63) is 59.2 Å². The van der Waals surface area contributed by atoms with Gasteiger partial charge in [0.2, 0.25) is 0 Å². The number of phenolic OH excluding ortho intramolecular Hbond substituents is 2. The molecule has 2 atom stereocenters. The summed E-state index contributed by atoms with van der Waals surface area (Å²) in [4.78, 5) is 0. The molecule has 0 heterocycles. The molecule has 2 N–H and O–H groups in total. The van der Waals surface area contributed by atoms with Gasteiger partial charge in [-0.25, -0.2) is 0 Å². The van der Waals surface area contributed by atoms with E-state index >= 15 is 0 Å². The summed E-state index contributed by atoms with van der Waals surface area (Å²) in [6.07, 6.45) is 0.976. The van der Waals surface area contributed by atoms with Crippen LogP contribution in [-0.4, -0.2) is 10.2 Å². The van der Waals surface area contributed by atoms with Gasteiger partial charge >= 0.3 is 0 Å². The van der Waals surface area contributed by atoms with Crippen LogP contribution in [0.25, 0.3) is 0 Å². The number of rotatable bonds is 2. The first kappa shape index (κ1) is 14.0. The molecular formula is C19H22O2. The summed E-state index contributed by atoms with van der Waals surface area (Å²) in [7, 11) is 0. The molecule has 3 rings (SSSR count). The van der Waals surface area contributed by atoms with Crippen LogP contribution in [0.3, 0.4) is 0 Å². The van der Waals surface area contributed by atoms with Crippen LogP contribution in [0.15, 0.2) is 42.5 Å². The molecule has 0 amide bonds. The van der Waals surface area contributed by atoms with Gasteiger partial charge < -0.3 is 10.2 Å². The number of aromatic hydroxyl groups is 2. The fraction of sp³-hybridized carbons (Fsp3) is 0.368. The quantitative estimate of drug-likeness (QED) is 0.859. The van der Waals surface area contributed by atoms with Crippen molar-refractivity contribution in [2.75, 3.05) is 0 Å². The minimum absolute atomic E-state index is 0.0837. The predicted octanol–water partition coefficient (Wildman–Crippen LogP) is 4.35. The van der Waals surface area contributed by atoms with Crippen LogP contribution in [0.4, 0.5) is 0 Å². The zero-order chi connectivity index (χ0) is 15.2. The molecule has 0 aromatic heterocycles. The maximum absolute atomic E-state index is 9.76. The third-order valence-electron chi connectivity index (χ3n) is 5.14. The van der Waals surface area contributed by atoms with Gasteiger partial charge in [0, 0.05) is 0 Å². The van der Waals surface area contributed by atoms with Crippen molar-refractivity contribution >= 4 is 0 Å². The van der Waals surface area contributed by atoms with Crippen molar-refractivity contribution in [2.24, 2.45) is 5.92 Å². The lowest BCUT2D eigenvalue weighted by Crippen LogP contribution is -2.27. The van der Waals surface area contributed by atoms with Crippen LogP contribution < -0.4 is 0 Å². The molecule has 0 aliphatic heterocycles. The van der Waals surface area contributed by atoms with E-state index in [0.29, 0.717) is 23.3 Å². The Kier molecular flexibility index (Phi) is 3.20. The summed E-state index contributed by atoms with van der Waals surface area (Å²) in [5, 5.41) is 19.2. The topological polar surface area (TPSA) is 40.5 Å². The summed E-state index contributed by atoms with van der Waals surface area (Å²) in [5.74, 6) is 1.56. The molecule has 1 aliphatic carbocycles. The monoisotopic (exact) mass is 282 g/mol. The van der Waals surface area contributed by atoms with Gasteiger partial charge in [0.25, 0.3) is 0 Å². The van der Waals surface area contributed by atoms with Gasteiger partial charge in [-0.15, -0.1) is 0 Å². The molecule has 2 nitrogen and oxygen atoms in total. The molecule has 0 radical (unpaired) electrons. The summed E-state index contributed by atoms with van der Waals surface area (Å²) >= 11 is 0. The van der Waals surface area contributed by atoms with E-state index in [1.54, 1.807) is 18.2 Å². The molecule has 21 heavy (non-hydrogen) atoms. The van der Waals surface area contributed by atoms with E-state index < -0.39 is 0 Å². The van der Waals surface area contributed by atoms with E-state index in [1.165, 1.54) is 16.7 Å². The van der Waals surface area contributed by atoms with Gasteiger partial charge in [0.05, 0.1) is 0 Å². The lowest BCUT2D eigenvalue weighted by Gasteiger charge is -2.30. The number of fused-ring (bicyclic) bond motifs is 1. The van der Waals surface area contributed by atoms with E-state index in [0.717, 1.165) is 6.42 Å². The second-order valence-corrected chi connectivity index (χ2v) is 6.76. The third-order valence-corrected chi connectivity index (χ3v) is 5.14. The van der Waals surface area contributed by atoms with Gasteiger partial charge in [-0.3, -0.25) is 0 Å². The second-order valence-electron chi connectivity index (χ2n) is 6.76. The fourth-order valence-corrected chi connectivity index (χ4v) is 3.87. The molecule has 1 unspecified atom stereocenters. The van der Waals surface area contributed by atoms with Crippen molar-refractivity contribution in [1.29, 1.82) is 0 Å². The van der Waals surface area contributed by atoms with E-state index in [9.17, 15) is 10.2 Å². The highest BCUT2D eigenvalue weighted by Crippen LogP contribution is 2.52. The van der Waals surface area contributed by atoms with Gasteiger partial charge in [-0.2, -0.15) is 0 Å². The van der Waals surface area contributed by atoms with Crippen LogP contribution in [0.5, 0.6) is 11.5 Å². The minimum Gasteiger partial charge on any atom is -0.508 e. The molecule has 0 spiro atoms. The molecule has 0 fully saturated rings. The number of hydrogen-bond donors (Lipinski definition) is 2. The Labute approximate surface area is 126 Å². The fourth-order valence-electron chi connectivity index (χ4n) is 3.87. The Balaban J connectivity index is 1.95. The minimum atomic E-state index is 0.0837. The van der Waals surface area contributed by atoms with Crippen molar-refractivity contribution in [1.82, 2.24) is 0 Å². The van der Waals surface area contributed by atoms with E-state index in [2.05, 4.69) is 26.8 Å². The molecule has 2 aromatic carbocycles. The lowest BCUT2D eigenvalue weighted by atomic mass is 9.73. The van der Waals surface area contributed by atoms with Gasteiger partial charge in [0.1, 0.15) is 11.5 Å². The number of hydrogen-bond acceptors (Lipinski definition) is 2. The standard InChI is InChI=1S/C19H22O2/c1-12-16-11-15(21)8-9-17(16)19(2,3)18(12)10-13-4-6-14(20)7-5-13/h4-9,11-12,18,20-21H,10H2,1-3H3/t12-,18?/m1/s1. The Morgan fingerprint density at radius 2 is 1.57 bits per heavy atom. The van der Waals surface area contributed by atoms with Gasteiger partial charge in [-0.05, 0) is 64.6 Å². The molecule has 2 aromatic rings. The van der Waals surface area contributed by atoms with E-state index in [4.69, 9.17) is 0 Å². The first-order valence-electron chi connectivity index (χ1n) is 7.51. The largest absolute Gasteiger partial charge is 0.508 e. The SMILES string of the molecule is C[C@@H]1c2cc(O)ccc2C(C)(C)C1Cc1ccc(O)cc1. The predicted molar refractivity (Wildman–Crippen MR) is 84.8 cm³/mol. The van der Waals surface area contributed by atoms with Crippen molar-refractivity contribution in [3.63, 3.8) is 0 Å². The first-order valence-corrected chi connectivity index (χ1v) is 7.51. The molecular weight excluding hydrogens is 260 g/mol. The Morgan fingerprint density at radius 3 is 2.24 bits per heavy atom. The van der Waals surface area contributed by atoms with E-state index in [1.807, 2.05) is 18.2 Å². The average molecular weight is 282 g/mol. The van der Waals surface area contributed by atoms with Crippen molar-refractivity contribution < 1.29 is 10.2 Å². The summed E-state index contributed by atoms with van der Waals surface area (Å²) in [5.41, 5.74) is 3.94. The second kappa shape index (κ2) is 4.80. The Morgan fingerprint density at radius 1 is 0.952 bits per heavy atom. The summed E-state index contributed by atoms with van der Waals surface area (Å²) in [6, 6.07) is 13.3. The highest BCUT2D eigenvalue weighted by molar-refractivity contribution is 5.47. The maximum atomic E-state index is 9.76. The van der Waals surface area contributed by atoms with Gasteiger partial charge in [0.15, 0.2) is 0 Å². The molecule has 110 valence electrons. The lowest BCUT2D eigenvalue weighted by molar-refractivity contribution is 0.311. The highest BCUT2D eigenvalue weighted by atomic mass is 16.3. The van der Waals surface area contributed by atoms with E-state index in [-0.39, 0.29) is 5.41 Å². The van der Waals surface area contributed by atoms with Crippen LogP contribution in [0, 0.1) is 5.92 Å². The van der Waals surface area contributed by atoms with Crippen LogP contribution in [-0.2, 0) is 11.8 Å². The number of benzene rings is 2. The smallest absolute Gasteiger partial charge is 0.115 e. The van der Waals surface area contributed by atoms with Crippen molar-refractivity contribution in [3.8, 4) is 11.5 Å². The van der Waals surface area contributed by atoms with Crippen molar-refractivity contribution in [2.45, 2.75) is 38.5 Å². The average Bonchev–Trinajstić information content (AvgIpc) is 2.62. The summed E-state index contributed by atoms with van der Waals surface area (Å²) in [6.45, 7) is 6.83. The van der Waals surface area contributed by atoms with Crippen LogP contribution in [0.1, 0.15) is 43.4 Å². The van der Waals surface area contributed by atoms with Crippen LogP contribution >= 0.6 is 0 Å². The Hall–Kier alpha value is -1.96. The number of phenols is 2. The summed E-state index contributed by atoms with van der Waals surface area (Å²) < 4.78 is 0. The molecule has 0 saturated heterocycles. The molecule has 0 bridgehead atoms. The Bertz CT molecular complexity index is 656.